The van der Waals surface area contributed by atoms with Crippen molar-refractivity contribution < 1.29 is 19.1 Å². The van der Waals surface area contributed by atoms with Gasteiger partial charge in [-0.25, -0.2) is 0 Å². The highest BCUT2D eigenvalue weighted by Gasteiger charge is 2.30. The maximum atomic E-state index is 13.4. The number of amides is 2. The van der Waals surface area contributed by atoms with Gasteiger partial charge >= 0.3 is 0 Å². The highest BCUT2D eigenvalue weighted by atomic mass is 16.5. The van der Waals surface area contributed by atoms with E-state index in [2.05, 4.69) is 5.32 Å². The fourth-order valence-corrected chi connectivity index (χ4v) is 4.27. The third-order valence-corrected chi connectivity index (χ3v) is 5.86. The van der Waals surface area contributed by atoms with Gasteiger partial charge in [0.05, 0.1) is 25.3 Å². The van der Waals surface area contributed by atoms with Crippen molar-refractivity contribution in [3.05, 3.63) is 66.2 Å². The topological polar surface area (TPSA) is 67.9 Å². The number of nitrogens with one attached hydrogen (secondary N) is 1. The molecule has 0 radical (unpaired) electrons. The zero-order chi connectivity index (χ0) is 22.5. The van der Waals surface area contributed by atoms with Crippen LogP contribution in [0.2, 0.25) is 0 Å². The molecule has 2 amide bonds. The molecule has 0 spiro atoms. The van der Waals surface area contributed by atoms with E-state index in [1.165, 1.54) is 0 Å². The van der Waals surface area contributed by atoms with Crippen LogP contribution in [0.15, 0.2) is 60.7 Å². The van der Waals surface area contributed by atoms with E-state index in [0.717, 1.165) is 29.4 Å². The van der Waals surface area contributed by atoms with Crippen molar-refractivity contribution in [1.29, 1.82) is 0 Å². The SMILES string of the molecule is CCOc1ccccc1NC(=O)[C@H]1CCCN(C(=O)c2ccc(OC)c3ccccc23)C1. The van der Waals surface area contributed by atoms with E-state index in [-0.39, 0.29) is 17.7 Å². The molecule has 1 heterocycles. The molecule has 1 atom stereocenters. The van der Waals surface area contributed by atoms with Crippen molar-refractivity contribution in [3.63, 3.8) is 0 Å². The Morgan fingerprint density at radius 3 is 2.53 bits per heavy atom. The normalized spacial score (nSPS) is 15.9. The number of carbonyl (C=O) groups excluding carboxylic acids is 2. The summed E-state index contributed by atoms with van der Waals surface area (Å²) < 4.78 is 11.1. The van der Waals surface area contributed by atoms with Gasteiger partial charge in [0, 0.05) is 24.0 Å². The molecule has 6 heteroatoms. The summed E-state index contributed by atoms with van der Waals surface area (Å²) in [6, 6.07) is 18.8. The quantitative estimate of drug-likeness (QED) is 0.611. The molecule has 0 aliphatic carbocycles. The lowest BCUT2D eigenvalue weighted by molar-refractivity contribution is -0.121. The largest absolute Gasteiger partial charge is 0.496 e. The van der Waals surface area contributed by atoms with Crippen LogP contribution in [0.25, 0.3) is 10.8 Å². The van der Waals surface area contributed by atoms with Crippen LogP contribution in [0, 0.1) is 5.92 Å². The average Bonchev–Trinajstić information content (AvgIpc) is 2.84. The predicted octanol–water partition coefficient (Wildman–Crippen LogP) is 4.74. The number of para-hydroxylation sites is 2. The van der Waals surface area contributed by atoms with Crippen molar-refractivity contribution >= 4 is 28.3 Å². The first-order chi connectivity index (χ1) is 15.6. The lowest BCUT2D eigenvalue weighted by atomic mass is 9.95. The maximum Gasteiger partial charge on any atom is 0.254 e. The van der Waals surface area contributed by atoms with Crippen LogP contribution >= 0.6 is 0 Å². The minimum atomic E-state index is -0.271. The first-order valence-corrected chi connectivity index (χ1v) is 11.0. The van der Waals surface area contributed by atoms with E-state index in [4.69, 9.17) is 9.47 Å². The molecule has 0 unspecified atom stereocenters. The van der Waals surface area contributed by atoms with Gasteiger partial charge in [-0.15, -0.1) is 0 Å². The zero-order valence-corrected chi connectivity index (χ0v) is 18.5. The molecule has 0 aromatic heterocycles. The first-order valence-electron chi connectivity index (χ1n) is 11.0. The molecule has 1 aliphatic heterocycles. The number of anilines is 1. The molecule has 4 rings (SSSR count). The standard InChI is InChI=1S/C26H28N2O4/c1-3-32-24-13-7-6-12-22(24)27-25(29)18-9-8-16-28(17-18)26(30)21-14-15-23(31-2)20-11-5-4-10-19(20)21/h4-7,10-15,18H,3,8-9,16-17H2,1-2H3,(H,27,29)/t18-/m0/s1. The van der Waals surface area contributed by atoms with Gasteiger partial charge in [0.2, 0.25) is 5.91 Å². The molecule has 6 nitrogen and oxygen atoms in total. The van der Waals surface area contributed by atoms with Crippen molar-refractivity contribution in [1.82, 2.24) is 4.90 Å². The van der Waals surface area contributed by atoms with Gasteiger partial charge in [-0.3, -0.25) is 9.59 Å². The number of carbonyl (C=O) groups is 2. The van der Waals surface area contributed by atoms with Crippen LogP contribution in [-0.2, 0) is 4.79 Å². The Bertz CT molecular complexity index is 1130. The van der Waals surface area contributed by atoms with Crippen LogP contribution < -0.4 is 14.8 Å². The van der Waals surface area contributed by atoms with Crippen LogP contribution in [0.5, 0.6) is 11.5 Å². The van der Waals surface area contributed by atoms with Crippen molar-refractivity contribution in [2.45, 2.75) is 19.8 Å². The smallest absolute Gasteiger partial charge is 0.254 e. The monoisotopic (exact) mass is 432 g/mol. The van der Waals surface area contributed by atoms with Crippen LogP contribution in [0.4, 0.5) is 5.69 Å². The molecule has 1 N–H and O–H groups in total. The molecule has 1 aliphatic rings. The molecule has 0 saturated carbocycles. The first kappa shape index (κ1) is 21.7. The van der Waals surface area contributed by atoms with E-state index >= 15 is 0 Å². The van der Waals surface area contributed by atoms with Gasteiger partial charge in [-0.1, -0.05) is 36.4 Å². The number of methoxy groups -OCH3 is 1. The molecule has 1 saturated heterocycles. The minimum absolute atomic E-state index is 0.0592. The molecule has 1 fully saturated rings. The second kappa shape index (κ2) is 9.73. The number of hydrogen-bond acceptors (Lipinski definition) is 4. The third-order valence-electron chi connectivity index (χ3n) is 5.86. The van der Waals surface area contributed by atoms with E-state index in [0.29, 0.717) is 36.7 Å². The van der Waals surface area contributed by atoms with E-state index in [1.54, 1.807) is 12.0 Å². The zero-order valence-electron chi connectivity index (χ0n) is 18.5. The molecular formula is C26H28N2O4. The van der Waals surface area contributed by atoms with Crippen molar-refractivity contribution in [3.8, 4) is 11.5 Å². The van der Waals surface area contributed by atoms with Gasteiger partial charge < -0.3 is 19.7 Å². The van der Waals surface area contributed by atoms with E-state index in [9.17, 15) is 9.59 Å². The number of rotatable bonds is 6. The number of benzene rings is 3. The number of hydrogen-bond donors (Lipinski definition) is 1. The summed E-state index contributed by atoms with van der Waals surface area (Å²) >= 11 is 0. The third kappa shape index (κ3) is 4.40. The average molecular weight is 433 g/mol. The fraction of sp³-hybridized carbons (Fsp3) is 0.308. The molecule has 3 aromatic carbocycles. The van der Waals surface area contributed by atoms with Gasteiger partial charge in [0.15, 0.2) is 0 Å². The summed E-state index contributed by atoms with van der Waals surface area (Å²) in [5.41, 5.74) is 1.29. The number of ether oxygens (including phenoxy) is 2. The lowest BCUT2D eigenvalue weighted by Gasteiger charge is -2.32. The number of nitrogens with zero attached hydrogens (tertiary/aromatic N) is 1. The summed E-state index contributed by atoms with van der Waals surface area (Å²) in [6.07, 6.45) is 1.53. The van der Waals surface area contributed by atoms with Gasteiger partial charge in [-0.2, -0.15) is 0 Å². The van der Waals surface area contributed by atoms with Crippen molar-refractivity contribution in [2.75, 3.05) is 32.1 Å². The fourth-order valence-electron chi connectivity index (χ4n) is 4.27. The maximum absolute atomic E-state index is 13.4. The number of fused-ring (bicyclic) bond motifs is 1. The van der Waals surface area contributed by atoms with Crippen LogP contribution in [0.1, 0.15) is 30.1 Å². The number of likely N-dealkylation sites (tertiary alicyclic amines) is 1. The lowest BCUT2D eigenvalue weighted by Crippen LogP contribution is -2.43. The Kier molecular flexibility index (Phi) is 6.59. The van der Waals surface area contributed by atoms with Crippen LogP contribution in [-0.4, -0.2) is 43.5 Å². The molecule has 3 aromatic rings. The van der Waals surface area contributed by atoms with Gasteiger partial charge in [0.25, 0.3) is 5.91 Å². The van der Waals surface area contributed by atoms with E-state index < -0.39 is 0 Å². The number of piperidine rings is 1. The second-order valence-corrected chi connectivity index (χ2v) is 7.87. The molecule has 0 bridgehead atoms. The summed E-state index contributed by atoms with van der Waals surface area (Å²) in [6.45, 7) is 3.46. The second-order valence-electron chi connectivity index (χ2n) is 7.87. The Balaban J connectivity index is 1.52. The highest BCUT2D eigenvalue weighted by Crippen LogP contribution is 2.31. The van der Waals surface area contributed by atoms with Crippen molar-refractivity contribution in [2.24, 2.45) is 5.92 Å². The Hall–Kier alpha value is -3.54. The highest BCUT2D eigenvalue weighted by molar-refractivity contribution is 6.08. The molecule has 32 heavy (non-hydrogen) atoms. The Labute approximate surface area is 188 Å². The van der Waals surface area contributed by atoms with Crippen LogP contribution in [0.3, 0.4) is 0 Å². The predicted molar refractivity (Wildman–Crippen MR) is 125 cm³/mol. The minimum Gasteiger partial charge on any atom is -0.496 e. The Morgan fingerprint density at radius 2 is 1.75 bits per heavy atom. The summed E-state index contributed by atoms with van der Waals surface area (Å²) in [5.74, 6) is 0.968. The molecule has 166 valence electrons. The van der Waals surface area contributed by atoms with Gasteiger partial charge in [-0.05, 0) is 49.4 Å². The summed E-state index contributed by atoms with van der Waals surface area (Å²) in [4.78, 5) is 28.2. The van der Waals surface area contributed by atoms with E-state index in [1.807, 2.05) is 67.6 Å². The van der Waals surface area contributed by atoms with Gasteiger partial charge in [0.1, 0.15) is 11.5 Å². The summed E-state index contributed by atoms with van der Waals surface area (Å²) in [7, 11) is 1.63. The summed E-state index contributed by atoms with van der Waals surface area (Å²) in [5, 5.41) is 4.75. The Morgan fingerprint density at radius 1 is 1.00 bits per heavy atom. The molecular weight excluding hydrogens is 404 g/mol.